The third kappa shape index (κ3) is 2.14. The molecule has 0 spiro atoms. The minimum atomic E-state index is 0.0105. The molecule has 1 aliphatic rings. The Labute approximate surface area is 102 Å². The zero-order chi connectivity index (χ0) is 12.5. The Hall–Kier alpha value is -1.51. The summed E-state index contributed by atoms with van der Waals surface area (Å²) in [5.74, 6) is 0.0105. The van der Waals surface area contributed by atoms with E-state index < -0.39 is 0 Å². The van der Waals surface area contributed by atoms with Crippen LogP contribution in [0.15, 0.2) is 18.2 Å². The molecule has 1 aliphatic carbocycles. The van der Waals surface area contributed by atoms with Gasteiger partial charge >= 0.3 is 0 Å². The van der Waals surface area contributed by atoms with Crippen LogP contribution in [-0.4, -0.2) is 11.4 Å². The number of hydrogen-bond donors (Lipinski definition) is 2. The third-order valence-electron chi connectivity index (χ3n) is 3.99. The lowest BCUT2D eigenvalue weighted by atomic mass is 9.74. The van der Waals surface area contributed by atoms with Gasteiger partial charge in [0.1, 0.15) is 0 Å². The molecule has 92 valence electrons. The van der Waals surface area contributed by atoms with Crippen LogP contribution in [0.4, 0.5) is 5.69 Å². The highest BCUT2D eigenvalue weighted by molar-refractivity contribution is 5.97. The van der Waals surface area contributed by atoms with Gasteiger partial charge in [0.25, 0.3) is 5.91 Å². The first-order valence-electron chi connectivity index (χ1n) is 6.25. The van der Waals surface area contributed by atoms with Crippen molar-refractivity contribution in [3.05, 3.63) is 29.3 Å². The van der Waals surface area contributed by atoms with Crippen molar-refractivity contribution in [3.8, 4) is 0 Å². The number of rotatable bonds is 3. The van der Waals surface area contributed by atoms with E-state index in [4.69, 9.17) is 5.73 Å². The predicted molar refractivity (Wildman–Crippen MR) is 69.9 cm³/mol. The van der Waals surface area contributed by atoms with Gasteiger partial charge in [0, 0.05) is 16.8 Å². The largest absolute Gasteiger partial charge is 0.398 e. The highest BCUT2D eigenvalue weighted by Gasteiger charge is 2.36. The van der Waals surface area contributed by atoms with Crippen molar-refractivity contribution >= 4 is 11.6 Å². The van der Waals surface area contributed by atoms with Crippen molar-refractivity contribution in [2.45, 2.75) is 45.1 Å². The van der Waals surface area contributed by atoms with Crippen molar-refractivity contribution in [1.29, 1.82) is 0 Å². The van der Waals surface area contributed by atoms with Gasteiger partial charge in [-0.15, -0.1) is 0 Å². The maximum atomic E-state index is 12.2. The molecule has 3 heteroatoms. The minimum Gasteiger partial charge on any atom is -0.398 e. The van der Waals surface area contributed by atoms with Crippen molar-refractivity contribution in [1.82, 2.24) is 5.32 Å². The van der Waals surface area contributed by atoms with Crippen LogP contribution in [0, 0.1) is 6.92 Å². The van der Waals surface area contributed by atoms with Gasteiger partial charge in [0.2, 0.25) is 0 Å². The molecule has 0 aliphatic heterocycles. The molecule has 0 unspecified atom stereocenters. The zero-order valence-electron chi connectivity index (χ0n) is 10.5. The number of nitrogens with two attached hydrogens (primary N) is 1. The number of hydrogen-bond acceptors (Lipinski definition) is 2. The summed E-state index contributed by atoms with van der Waals surface area (Å²) in [5, 5.41) is 3.17. The number of anilines is 1. The lowest BCUT2D eigenvalue weighted by Crippen LogP contribution is -2.53. The highest BCUT2D eigenvalue weighted by atomic mass is 16.1. The molecule has 3 nitrogen and oxygen atoms in total. The normalized spacial score (nSPS) is 17.3. The van der Waals surface area contributed by atoms with E-state index >= 15 is 0 Å². The molecule has 0 saturated heterocycles. The second kappa shape index (κ2) is 4.40. The van der Waals surface area contributed by atoms with E-state index in [2.05, 4.69) is 12.2 Å². The van der Waals surface area contributed by atoms with Crippen LogP contribution in [-0.2, 0) is 0 Å². The summed E-state index contributed by atoms with van der Waals surface area (Å²) in [6.07, 6.45) is 4.40. The van der Waals surface area contributed by atoms with E-state index in [0.717, 1.165) is 24.8 Å². The van der Waals surface area contributed by atoms with Gasteiger partial charge in [-0.25, -0.2) is 0 Å². The van der Waals surface area contributed by atoms with Crippen molar-refractivity contribution in [2.24, 2.45) is 0 Å². The van der Waals surface area contributed by atoms with E-state index in [9.17, 15) is 4.79 Å². The molecule has 1 aromatic rings. The number of nitrogens with one attached hydrogen (secondary N) is 1. The maximum absolute atomic E-state index is 12.2. The predicted octanol–water partition coefficient (Wildman–Crippen LogP) is 2.64. The standard InChI is InChI=1S/C14H20N2O/c1-3-14(8-5-9-14)16-13(17)11-6-4-7-12(15)10(11)2/h4,6-7H,3,5,8-9,15H2,1-2H3,(H,16,17). The van der Waals surface area contributed by atoms with Gasteiger partial charge in [-0.05, 0) is 50.3 Å². The Balaban J connectivity index is 2.17. The Morgan fingerprint density at radius 2 is 2.18 bits per heavy atom. The average molecular weight is 232 g/mol. The fourth-order valence-electron chi connectivity index (χ4n) is 2.38. The lowest BCUT2D eigenvalue weighted by Gasteiger charge is -2.42. The van der Waals surface area contributed by atoms with E-state index in [1.165, 1.54) is 6.42 Å². The van der Waals surface area contributed by atoms with Crippen LogP contribution in [0.5, 0.6) is 0 Å². The first-order chi connectivity index (χ1) is 8.08. The Bertz CT molecular complexity index is 430. The van der Waals surface area contributed by atoms with Gasteiger partial charge in [-0.1, -0.05) is 13.0 Å². The van der Waals surface area contributed by atoms with Crippen LogP contribution in [0.3, 0.4) is 0 Å². The van der Waals surface area contributed by atoms with Crippen LogP contribution in [0.25, 0.3) is 0 Å². The third-order valence-corrected chi connectivity index (χ3v) is 3.99. The average Bonchev–Trinajstić information content (AvgIpc) is 2.27. The van der Waals surface area contributed by atoms with Crippen LogP contribution in [0.2, 0.25) is 0 Å². The quantitative estimate of drug-likeness (QED) is 0.787. The molecule has 0 radical (unpaired) electrons. The molecule has 1 fully saturated rings. The summed E-state index contributed by atoms with van der Waals surface area (Å²) < 4.78 is 0. The first-order valence-corrected chi connectivity index (χ1v) is 6.25. The first kappa shape index (κ1) is 12.0. The summed E-state index contributed by atoms with van der Waals surface area (Å²) in [4.78, 5) is 12.2. The minimum absolute atomic E-state index is 0.0105. The van der Waals surface area contributed by atoms with Gasteiger partial charge in [-0.3, -0.25) is 4.79 Å². The Morgan fingerprint density at radius 1 is 1.47 bits per heavy atom. The molecule has 17 heavy (non-hydrogen) atoms. The van der Waals surface area contributed by atoms with Crippen LogP contribution < -0.4 is 11.1 Å². The Morgan fingerprint density at radius 3 is 2.71 bits per heavy atom. The SMILES string of the molecule is CCC1(NC(=O)c2cccc(N)c2C)CCC1. The van der Waals surface area contributed by atoms with Gasteiger partial charge in [-0.2, -0.15) is 0 Å². The molecule has 0 aromatic heterocycles. The molecule has 1 aromatic carbocycles. The van der Waals surface area contributed by atoms with Gasteiger partial charge in [0.15, 0.2) is 0 Å². The summed E-state index contributed by atoms with van der Waals surface area (Å²) >= 11 is 0. The monoisotopic (exact) mass is 232 g/mol. The molecule has 0 heterocycles. The highest BCUT2D eigenvalue weighted by Crippen LogP contribution is 2.35. The van der Waals surface area contributed by atoms with Crippen LogP contribution >= 0.6 is 0 Å². The van der Waals surface area contributed by atoms with E-state index in [-0.39, 0.29) is 11.4 Å². The number of nitrogen functional groups attached to an aromatic ring is 1. The molecule has 1 amide bonds. The van der Waals surface area contributed by atoms with Crippen molar-refractivity contribution < 1.29 is 4.79 Å². The lowest BCUT2D eigenvalue weighted by molar-refractivity contribution is 0.0820. The number of benzene rings is 1. The summed E-state index contributed by atoms with van der Waals surface area (Å²) in [6.45, 7) is 4.02. The summed E-state index contributed by atoms with van der Waals surface area (Å²) in [7, 11) is 0. The van der Waals surface area contributed by atoms with Gasteiger partial charge < -0.3 is 11.1 Å². The van der Waals surface area contributed by atoms with Crippen molar-refractivity contribution in [2.75, 3.05) is 5.73 Å². The smallest absolute Gasteiger partial charge is 0.252 e. The van der Waals surface area contributed by atoms with E-state index in [1.807, 2.05) is 25.1 Å². The molecular weight excluding hydrogens is 212 g/mol. The van der Waals surface area contributed by atoms with Crippen molar-refractivity contribution in [3.63, 3.8) is 0 Å². The molecule has 2 rings (SSSR count). The molecule has 0 bridgehead atoms. The number of carbonyl (C=O) groups excluding carboxylic acids is 1. The molecular formula is C14H20N2O. The number of carbonyl (C=O) groups is 1. The fraction of sp³-hybridized carbons (Fsp3) is 0.500. The molecule has 1 saturated carbocycles. The molecule has 0 atom stereocenters. The van der Waals surface area contributed by atoms with Crippen LogP contribution in [0.1, 0.15) is 48.5 Å². The maximum Gasteiger partial charge on any atom is 0.252 e. The Kier molecular flexibility index (Phi) is 3.09. The zero-order valence-corrected chi connectivity index (χ0v) is 10.5. The second-order valence-electron chi connectivity index (χ2n) is 4.96. The fourth-order valence-corrected chi connectivity index (χ4v) is 2.38. The topological polar surface area (TPSA) is 55.1 Å². The van der Waals surface area contributed by atoms with Gasteiger partial charge in [0.05, 0.1) is 0 Å². The number of amides is 1. The van der Waals surface area contributed by atoms with E-state index in [1.54, 1.807) is 0 Å². The van der Waals surface area contributed by atoms with E-state index in [0.29, 0.717) is 11.3 Å². The summed E-state index contributed by atoms with van der Waals surface area (Å²) in [6, 6.07) is 5.49. The second-order valence-corrected chi connectivity index (χ2v) is 4.96. The summed E-state index contributed by atoms with van der Waals surface area (Å²) in [5.41, 5.74) is 8.10. The molecule has 3 N–H and O–H groups in total.